The minimum atomic E-state index is -3.68. The van der Waals surface area contributed by atoms with Gasteiger partial charge in [0, 0.05) is 13.0 Å². The van der Waals surface area contributed by atoms with Crippen molar-refractivity contribution in [2.24, 2.45) is 0 Å². The second-order valence-electron chi connectivity index (χ2n) is 8.12. The van der Waals surface area contributed by atoms with Crippen LogP contribution in [0.4, 0.5) is 5.69 Å². The van der Waals surface area contributed by atoms with Gasteiger partial charge in [-0.1, -0.05) is 48.4 Å². The first-order chi connectivity index (χ1) is 15.4. The number of carbonyl (C=O) groups excluding carboxylic acids is 2. The molecular weight excluding hydrogens is 450 g/mol. The van der Waals surface area contributed by atoms with E-state index in [1.807, 2.05) is 18.2 Å². The maximum Gasteiger partial charge on any atom is 0.252 e. The topological polar surface area (TPSA) is 86.8 Å². The number of hydrogen-bond donors (Lipinski definition) is 1. The number of piperidine rings is 1. The lowest BCUT2D eigenvalue weighted by molar-refractivity contribution is -0.116. The van der Waals surface area contributed by atoms with Crippen LogP contribution in [0.1, 0.15) is 47.6 Å². The lowest BCUT2D eigenvalue weighted by atomic mass is 10.0. The molecule has 1 N–H and O–H groups in total. The van der Waals surface area contributed by atoms with Crippen molar-refractivity contribution in [3.8, 4) is 0 Å². The summed E-state index contributed by atoms with van der Waals surface area (Å²) >= 11 is 6.32. The SMILES string of the molecule is O=C(NCC(c1ccccc1)N1CCCCC1)c1ccc(N2C(=O)CCS2(=O)=O)cc1Cl. The van der Waals surface area contributed by atoms with E-state index in [9.17, 15) is 18.0 Å². The largest absolute Gasteiger partial charge is 0.350 e. The lowest BCUT2D eigenvalue weighted by Crippen LogP contribution is -2.40. The van der Waals surface area contributed by atoms with Crippen molar-refractivity contribution >= 4 is 39.1 Å². The molecular formula is C23H26ClN3O4S. The van der Waals surface area contributed by atoms with Gasteiger partial charge < -0.3 is 5.32 Å². The van der Waals surface area contributed by atoms with Crippen LogP contribution in [0.25, 0.3) is 0 Å². The summed E-state index contributed by atoms with van der Waals surface area (Å²) in [4.78, 5) is 27.3. The lowest BCUT2D eigenvalue weighted by Gasteiger charge is -2.35. The number of amides is 2. The van der Waals surface area contributed by atoms with Crippen LogP contribution in [0.15, 0.2) is 48.5 Å². The van der Waals surface area contributed by atoms with Gasteiger partial charge in [0.15, 0.2) is 0 Å². The van der Waals surface area contributed by atoms with Gasteiger partial charge in [0.2, 0.25) is 15.9 Å². The van der Waals surface area contributed by atoms with Crippen molar-refractivity contribution in [2.45, 2.75) is 31.7 Å². The molecule has 4 rings (SSSR count). The van der Waals surface area contributed by atoms with E-state index in [1.54, 1.807) is 0 Å². The average molecular weight is 476 g/mol. The van der Waals surface area contributed by atoms with Crippen LogP contribution in [0.2, 0.25) is 5.02 Å². The first-order valence-electron chi connectivity index (χ1n) is 10.8. The maximum atomic E-state index is 12.9. The van der Waals surface area contributed by atoms with Gasteiger partial charge >= 0.3 is 0 Å². The Morgan fingerprint density at radius 2 is 1.78 bits per heavy atom. The Hall–Kier alpha value is -2.42. The van der Waals surface area contributed by atoms with Gasteiger partial charge in [0.05, 0.1) is 28.1 Å². The molecule has 2 aromatic carbocycles. The first kappa shape index (κ1) is 22.8. The molecule has 1 atom stereocenters. The van der Waals surface area contributed by atoms with Crippen LogP contribution in [0.3, 0.4) is 0 Å². The number of nitrogens with zero attached hydrogens (tertiary/aromatic N) is 2. The Kier molecular flexibility index (Phi) is 6.83. The number of anilines is 1. The summed E-state index contributed by atoms with van der Waals surface area (Å²) in [6, 6.07) is 14.4. The van der Waals surface area contributed by atoms with E-state index >= 15 is 0 Å². The number of halogens is 1. The summed E-state index contributed by atoms with van der Waals surface area (Å²) in [6.07, 6.45) is 3.45. The molecule has 2 heterocycles. The fraction of sp³-hybridized carbons (Fsp3) is 0.391. The molecule has 2 aliphatic heterocycles. The normalized spacial score (nSPS) is 19.7. The molecule has 0 bridgehead atoms. The summed E-state index contributed by atoms with van der Waals surface area (Å²) in [7, 11) is -3.68. The molecule has 0 aromatic heterocycles. The number of nitrogens with one attached hydrogen (secondary N) is 1. The van der Waals surface area contributed by atoms with Crippen molar-refractivity contribution in [3.63, 3.8) is 0 Å². The molecule has 0 saturated carbocycles. The number of benzene rings is 2. The minimum absolute atomic E-state index is 0.0560. The molecule has 9 heteroatoms. The summed E-state index contributed by atoms with van der Waals surface area (Å²) in [6.45, 7) is 2.41. The van der Waals surface area contributed by atoms with Gasteiger partial charge in [-0.15, -0.1) is 0 Å². The van der Waals surface area contributed by atoms with Gasteiger partial charge in [-0.25, -0.2) is 12.7 Å². The molecule has 0 aliphatic carbocycles. The van der Waals surface area contributed by atoms with Gasteiger partial charge in [0.1, 0.15) is 0 Å². The zero-order valence-electron chi connectivity index (χ0n) is 17.7. The molecule has 2 aromatic rings. The predicted octanol–water partition coefficient (Wildman–Crippen LogP) is 3.36. The summed E-state index contributed by atoms with van der Waals surface area (Å²) < 4.78 is 25.1. The van der Waals surface area contributed by atoms with Crippen molar-refractivity contribution in [3.05, 3.63) is 64.7 Å². The molecule has 2 saturated heterocycles. The van der Waals surface area contributed by atoms with Crippen molar-refractivity contribution in [2.75, 3.05) is 29.7 Å². The Bertz CT molecular complexity index is 1100. The number of hydrogen-bond acceptors (Lipinski definition) is 5. The molecule has 32 heavy (non-hydrogen) atoms. The second kappa shape index (κ2) is 9.60. The molecule has 2 aliphatic rings. The fourth-order valence-electron chi connectivity index (χ4n) is 4.33. The maximum absolute atomic E-state index is 12.9. The Morgan fingerprint density at radius 3 is 2.41 bits per heavy atom. The van der Waals surface area contributed by atoms with Crippen LogP contribution < -0.4 is 9.62 Å². The van der Waals surface area contributed by atoms with Crippen LogP contribution >= 0.6 is 11.6 Å². The molecule has 0 spiro atoms. The molecule has 2 amide bonds. The van der Waals surface area contributed by atoms with Gasteiger partial charge in [-0.3, -0.25) is 14.5 Å². The second-order valence-corrected chi connectivity index (χ2v) is 10.5. The standard InChI is InChI=1S/C23H26ClN3O4S/c24-20-15-18(27-22(28)11-14-32(27,30)31)9-10-19(20)23(29)25-16-21(17-7-3-1-4-8-17)26-12-5-2-6-13-26/h1,3-4,7-10,15,21H,2,5-6,11-14,16H2,(H,25,29). The summed E-state index contributed by atoms with van der Waals surface area (Å²) in [5, 5.41) is 3.09. The summed E-state index contributed by atoms with van der Waals surface area (Å²) in [5.74, 6) is -1.05. The molecule has 0 radical (unpaired) electrons. The third kappa shape index (κ3) is 4.82. The average Bonchev–Trinajstić information content (AvgIpc) is 3.07. The monoisotopic (exact) mass is 475 g/mol. The van der Waals surface area contributed by atoms with Crippen molar-refractivity contribution < 1.29 is 18.0 Å². The van der Waals surface area contributed by atoms with Crippen LogP contribution in [-0.4, -0.2) is 50.5 Å². The fourth-order valence-corrected chi connectivity index (χ4v) is 6.04. The van der Waals surface area contributed by atoms with Crippen LogP contribution in [-0.2, 0) is 14.8 Å². The zero-order valence-corrected chi connectivity index (χ0v) is 19.2. The smallest absolute Gasteiger partial charge is 0.252 e. The van der Waals surface area contributed by atoms with E-state index in [1.165, 1.54) is 24.6 Å². The van der Waals surface area contributed by atoms with Gasteiger partial charge in [0.25, 0.3) is 5.91 Å². The molecule has 1 unspecified atom stereocenters. The van der Waals surface area contributed by atoms with E-state index in [4.69, 9.17) is 11.6 Å². The number of sulfonamides is 1. The van der Waals surface area contributed by atoms with Gasteiger partial charge in [-0.05, 0) is 49.7 Å². The van der Waals surface area contributed by atoms with E-state index in [2.05, 4.69) is 22.3 Å². The highest BCUT2D eigenvalue weighted by Gasteiger charge is 2.36. The predicted molar refractivity (Wildman–Crippen MR) is 124 cm³/mol. The number of carbonyl (C=O) groups is 2. The van der Waals surface area contributed by atoms with E-state index in [0.29, 0.717) is 6.54 Å². The highest BCUT2D eigenvalue weighted by atomic mass is 35.5. The third-order valence-corrected chi connectivity index (χ3v) is 7.99. The van der Waals surface area contributed by atoms with E-state index in [0.717, 1.165) is 35.8 Å². The van der Waals surface area contributed by atoms with E-state index < -0.39 is 15.9 Å². The highest BCUT2D eigenvalue weighted by molar-refractivity contribution is 7.94. The summed E-state index contributed by atoms with van der Waals surface area (Å²) in [5.41, 5.74) is 1.54. The minimum Gasteiger partial charge on any atom is -0.350 e. The highest BCUT2D eigenvalue weighted by Crippen LogP contribution is 2.30. The molecule has 7 nitrogen and oxygen atoms in total. The van der Waals surface area contributed by atoms with Crippen molar-refractivity contribution in [1.29, 1.82) is 0 Å². The Balaban J connectivity index is 1.49. The van der Waals surface area contributed by atoms with Crippen LogP contribution in [0, 0.1) is 0 Å². The Morgan fingerprint density at radius 1 is 1.06 bits per heavy atom. The van der Waals surface area contributed by atoms with E-state index in [-0.39, 0.29) is 40.4 Å². The van der Waals surface area contributed by atoms with Gasteiger partial charge in [-0.2, -0.15) is 0 Å². The first-order valence-corrected chi connectivity index (χ1v) is 12.8. The van der Waals surface area contributed by atoms with Crippen molar-refractivity contribution in [1.82, 2.24) is 10.2 Å². The molecule has 170 valence electrons. The number of likely N-dealkylation sites (tertiary alicyclic amines) is 1. The third-order valence-electron chi connectivity index (χ3n) is 5.98. The Labute approximate surface area is 193 Å². The quantitative estimate of drug-likeness (QED) is 0.692. The van der Waals surface area contributed by atoms with Crippen LogP contribution in [0.5, 0.6) is 0 Å². The zero-order chi connectivity index (χ0) is 22.7. The number of rotatable bonds is 6. The molecule has 2 fully saturated rings.